The van der Waals surface area contributed by atoms with Gasteiger partial charge in [-0.2, -0.15) is 0 Å². The Balaban J connectivity index is 1.72. The number of nitrogens with one attached hydrogen (secondary N) is 1. The Labute approximate surface area is 133 Å². The number of amides is 1. The molecule has 0 radical (unpaired) electrons. The predicted molar refractivity (Wildman–Crippen MR) is 81.5 cm³/mol. The second kappa shape index (κ2) is 7.92. The summed E-state index contributed by atoms with van der Waals surface area (Å²) in [5, 5.41) is 2.67. The highest BCUT2D eigenvalue weighted by molar-refractivity contribution is 5.82. The average Bonchev–Trinajstić information content (AvgIpc) is 3.08. The van der Waals surface area contributed by atoms with E-state index in [0.717, 1.165) is 0 Å². The van der Waals surface area contributed by atoms with Crippen LogP contribution in [0.2, 0.25) is 0 Å². The molecule has 1 unspecified atom stereocenters. The Hall–Kier alpha value is -2.90. The second-order valence-electron chi connectivity index (χ2n) is 4.87. The van der Waals surface area contributed by atoms with Gasteiger partial charge in [0.15, 0.2) is 6.61 Å². The largest absolute Gasteiger partial charge is 0.467 e. The Kier molecular flexibility index (Phi) is 5.67. The third-order valence-corrected chi connectivity index (χ3v) is 2.97. The molecule has 0 aliphatic rings. The normalized spacial score (nSPS) is 11.6. The molecule has 23 heavy (non-hydrogen) atoms. The predicted octanol–water partition coefficient (Wildman–Crippen LogP) is 0.926. The van der Waals surface area contributed by atoms with Crippen LogP contribution in [0.4, 0.5) is 5.95 Å². The van der Waals surface area contributed by atoms with Crippen molar-refractivity contribution in [2.75, 3.05) is 25.1 Å². The Morgan fingerprint density at radius 3 is 2.74 bits per heavy atom. The van der Waals surface area contributed by atoms with Gasteiger partial charge in [-0.15, -0.1) is 0 Å². The Morgan fingerprint density at radius 1 is 1.35 bits per heavy atom. The van der Waals surface area contributed by atoms with Gasteiger partial charge in [-0.25, -0.2) is 9.97 Å². The van der Waals surface area contributed by atoms with Crippen LogP contribution in [0.25, 0.3) is 0 Å². The minimum absolute atomic E-state index is 0.0506. The van der Waals surface area contributed by atoms with Crippen LogP contribution >= 0.6 is 0 Å². The molecular weight excluding hydrogens is 300 g/mol. The molecule has 122 valence electrons. The highest BCUT2D eigenvalue weighted by atomic mass is 16.5. The summed E-state index contributed by atoms with van der Waals surface area (Å²) in [6, 6.07) is 4.88. The molecule has 2 aromatic heterocycles. The van der Waals surface area contributed by atoms with Crippen LogP contribution in [0.1, 0.15) is 18.7 Å². The van der Waals surface area contributed by atoms with Gasteiger partial charge in [0.1, 0.15) is 12.3 Å². The van der Waals surface area contributed by atoms with Gasteiger partial charge >= 0.3 is 5.97 Å². The number of hydrogen-bond acceptors (Lipinski definition) is 7. The summed E-state index contributed by atoms with van der Waals surface area (Å²) in [4.78, 5) is 33.0. The molecule has 2 aromatic rings. The highest BCUT2D eigenvalue weighted by Crippen LogP contribution is 2.11. The van der Waals surface area contributed by atoms with E-state index in [9.17, 15) is 9.59 Å². The third kappa shape index (κ3) is 5.10. The molecule has 0 aromatic carbocycles. The molecule has 1 amide bonds. The maximum atomic E-state index is 11.7. The van der Waals surface area contributed by atoms with E-state index in [1.165, 1.54) is 11.2 Å². The zero-order valence-corrected chi connectivity index (χ0v) is 12.9. The SMILES string of the molecule is CC(NC(=O)COC(=O)CN(C)c1ncccn1)c1ccco1. The standard InChI is InChI=1S/C15H18N4O4/c1-11(12-5-3-8-22-12)18-13(20)10-23-14(21)9-19(2)15-16-6-4-7-17-15/h3-8,11H,9-10H2,1-2H3,(H,18,20). The molecule has 2 heterocycles. The summed E-state index contributed by atoms with van der Waals surface area (Å²) in [6.07, 6.45) is 4.68. The molecule has 0 bridgehead atoms. The number of esters is 1. The first-order valence-electron chi connectivity index (χ1n) is 7.03. The van der Waals surface area contributed by atoms with Crippen molar-refractivity contribution in [1.29, 1.82) is 0 Å². The van der Waals surface area contributed by atoms with Gasteiger partial charge < -0.3 is 19.4 Å². The molecule has 8 heteroatoms. The first-order valence-corrected chi connectivity index (χ1v) is 7.03. The maximum Gasteiger partial charge on any atom is 0.326 e. The summed E-state index contributed by atoms with van der Waals surface area (Å²) >= 11 is 0. The minimum atomic E-state index is -0.541. The van der Waals surface area contributed by atoms with Crippen molar-refractivity contribution in [3.63, 3.8) is 0 Å². The molecular formula is C15H18N4O4. The molecule has 0 aliphatic heterocycles. The van der Waals surface area contributed by atoms with E-state index in [0.29, 0.717) is 11.7 Å². The van der Waals surface area contributed by atoms with Gasteiger partial charge in [-0.05, 0) is 25.1 Å². The second-order valence-corrected chi connectivity index (χ2v) is 4.87. The highest BCUT2D eigenvalue weighted by Gasteiger charge is 2.15. The molecule has 8 nitrogen and oxygen atoms in total. The molecule has 0 saturated carbocycles. The van der Waals surface area contributed by atoms with Crippen molar-refractivity contribution in [3.8, 4) is 0 Å². The molecule has 0 fully saturated rings. The van der Waals surface area contributed by atoms with E-state index in [-0.39, 0.29) is 19.2 Å². The number of furan rings is 1. The van der Waals surface area contributed by atoms with E-state index in [2.05, 4.69) is 15.3 Å². The van der Waals surface area contributed by atoms with Crippen LogP contribution in [0.3, 0.4) is 0 Å². The van der Waals surface area contributed by atoms with Crippen LogP contribution in [0, 0.1) is 0 Å². The van der Waals surface area contributed by atoms with Gasteiger partial charge in [0.05, 0.1) is 12.3 Å². The van der Waals surface area contributed by atoms with E-state index < -0.39 is 11.9 Å². The summed E-state index contributed by atoms with van der Waals surface area (Å²) < 4.78 is 10.1. The topological polar surface area (TPSA) is 97.6 Å². The zero-order valence-electron chi connectivity index (χ0n) is 12.9. The van der Waals surface area contributed by atoms with E-state index >= 15 is 0 Å². The molecule has 0 aliphatic carbocycles. The van der Waals surface area contributed by atoms with Gasteiger partial charge in [0.2, 0.25) is 5.95 Å². The summed E-state index contributed by atoms with van der Waals surface area (Å²) in [5.41, 5.74) is 0. The van der Waals surface area contributed by atoms with Gasteiger partial charge in [-0.1, -0.05) is 0 Å². The van der Waals surface area contributed by atoms with Gasteiger partial charge in [0.25, 0.3) is 5.91 Å². The monoisotopic (exact) mass is 318 g/mol. The third-order valence-electron chi connectivity index (χ3n) is 2.97. The fraction of sp³-hybridized carbons (Fsp3) is 0.333. The van der Waals surface area contributed by atoms with Crippen LogP contribution in [-0.2, 0) is 14.3 Å². The number of aromatic nitrogens is 2. The van der Waals surface area contributed by atoms with E-state index in [4.69, 9.17) is 9.15 Å². The first kappa shape index (κ1) is 16.5. The summed E-state index contributed by atoms with van der Waals surface area (Å²) in [7, 11) is 1.66. The smallest absolute Gasteiger partial charge is 0.326 e. The lowest BCUT2D eigenvalue weighted by Crippen LogP contribution is -2.34. The van der Waals surface area contributed by atoms with E-state index in [1.54, 1.807) is 44.6 Å². The van der Waals surface area contributed by atoms with Crippen LogP contribution < -0.4 is 10.2 Å². The molecule has 0 saturated heterocycles. The zero-order chi connectivity index (χ0) is 16.7. The Bertz CT molecular complexity index is 630. The van der Waals surface area contributed by atoms with E-state index in [1.807, 2.05) is 0 Å². The number of anilines is 1. The van der Waals surface area contributed by atoms with Crippen molar-refractivity contribution >= 4 is 17.8 Å². The minimum Gasteiger partial charge on any atom is -0.467 e. The first-order chi connectivity index (χ1) is 11.1. The number of carbonyl (C=O) groups is 2. The average molecular weight is 318 g/mol. The number of ether oxygens (including phenoxy) is 1. The fourth-order valence-electron chi connectivity index (χ4n) is 1.84. The van der Waals surface area contributed by atoms with Crippen LogP contribution in [0.15, 0.2) is 41.3 Å². The van der Waals surface area contributed by atoms with Crippen molar-refractivity contribution in [3.05, 3.63) is 42.6 Å². The summed E-state index contributed by atoms with van der Waals surface area (Å²) in [5.74, 6) is 0.0904. The van der Waals surface area contributed by atoms with Gasteiger partial charge in [0, 0.05) is 19.4 Å². The van der Waals surface area contributed by atoms with Crippen molar-refractivity contribution < 1.29 is 18.7 Å². The van der Waals surface area contributed by atoms with Crippen molar-refractivity contribution in [1.82, 2.24) is 15.3 Å². The lowest BCUT2D eigenvalue weighted by atomic mass is 10.2. The number of nitrogens with zero attached hydrogens (tertiary/aromatic N) is 3. The maximum absolute atomic E-state index is 11.7. The molecule has 1 atom stereocenters. The number of carbonyl (C=O) groups excluding carboxylic acids is 2. The fourth-order valence-corrected chi connectivity index (χ4v) is 1.84. The lowest BCUT2D eigenvalue weighted by Gasteiger charge is -2.16. The molecule has 1 N–H and O–H groups in total. The van der Waals surface area contributed by atoms with Gasteiger partial charge in [-0.3, -0.25) is 9.59 Å². The Morgan fingerprint density at radius 2 is 2.09 bits per heavy atom. The van der Waals surface area contributed by atoms with Crippen LogP contribution in [-0.4, -0.2) is 42.0 Å². The number of likely N-dealkylation sites (N-methyl/N-ethyl adjacent to an activating group) is 1. The molecule has 2 rings (SSSR count). The lowest BCUT2D eigenvalue weighted by molar-refractivity contribution is -0.147. The molecule has 0 spiro atoms. The summed E-state index contributed by atoms with van der Waals surface area (Å²) in [6.45, 7) is 1.37. The van der Waals surface area contributed by atoms with Crippen LogP contribution in [0.5, 0.6) is 0 Å². The number of rotatable bonds is 7. The quantitative estimate of drug-likeness (QED) is 0.758. The van der Waals surface area contributed by atoms with Crippen molar-refractivity contribution in [2.24, 2.45) is 0 Å². The van der Waals surface area contributed by atoms with Crippen molar-refractivity contribution in [2.45, 2.75) is 13.0 Å². The number of hydrogen-bond donors (Lipinski definition) is 1.